The predicted molar refractivity (Wildman–Crippen MR) is 92.9 cm³/mol. The number of aromatic nitrogens is 6. The smallest absolute Gasteiger partial charge is 0.227 e. The summed E-state index contributed by atoms with van der Waals surface area (Å²) in [6, 6.07) is 7.61. The van der Waals surface area contributed by atoms with Gasteiger partial charge in [0.05, 0.1) is 17.6 Å². The lowest BCUT2D eigenvalue weighted by Crippen LogP contribution is -1.97. The highest BCUT2D eigenvalue weighted by Crippen LogP contribution is 2.27. The standard InChI is InChI=1S/C16H13N7S/c1-23-9-11(8-19-23)20-16-18-7-5-13(22-16)15-21-14(10-24-15)12-4-2-3-6-17-12/h2-10H,1H3,(H,18,20,22). The molecule has 4 aromatic heterocycles. The molecule has 4 aromatic rings. The van der Waals surface area contributed by atoms with Crippen molar-refractivity contribution >= 4 is 23.0 Å². The average molecular weight is 335 g/mol. The Hall–Kier alpha value is -3.13. The minimum absolute atomic E-state index is 0.509. The molecule has 7 nitrogen and oxygen atoms in total. The molecule has 0 amide bonds. The van der Waals surface area contributed by atoms with Crippen molar-refractivity contribution in [2.24, 2.45) is 7.05 Å². The molecule has 1 N–H and O–H groups in total. The lowest BCUT2D eigenvalue weighted by Gasteiger charge is -2.02. The summed E-state index contributed by atoms with van der Waals surface area (Å²) in [4.78, 5) is 17.7. The fourth-order valence-corrected chi connectivity index (χ4v) is 2.96. The second-order valence-corrected chi connectivity index (χ2v) is 5.90. The number of nitrogens with one attached hydrogen (secondary N) is 1. The number of thiazole rings is 1. The highest BCUT2D eigenvalue weighted by molar-refractivity contribution is 7.13. The third-order valence-corrected chi connectivity index (χ3v) is 4.13. The van der Waals surface area contributed by atoms with Crippen molar-refractivity contribution in [3.8, 4) is 22.1 Å². The van der Waals surface area contributed by atoms with Gasteiger partial charge in [-0.05, 0) is 18.2 Å². The molecule has 0 aromatic carbocycles. The summed E-state index contributed by atoms with van der Waals surface area (Å²) in [6.07, 6.45) is 7.05. The zero-order valence-electron chi connectivity index (χ0n) is 12.8. The molecule has 0 spiro atoms. The maximum atomic E-state index is 4.62. The Labute approximate surface area is 142 Å². The summed E-state index contributed by atoms with van der Waals surface area (Å²) in [5.74, 6) is 0.509. The van der Waals surface area contributed by atoms with Gasteiger partial charge < -0.3 is 5.32 Å². The van der Waals surface area contributed by atoms with Crippen LogP contribution in [0.15, 0.2) is 54.4 Å². The van der Waals surface area contributed by atoms with Crippen molar-refractivity contribution in [3.63, 3.8) is 0 Å². The first-order chi connectivity index (χ1) is 11.8. The minimum atomic E-state index is 0.509. The minimum Gasteiger partial charge on any atom is -0.321 e. The first kappa shape index (κ1) is 14.5. The molecule has 0 fully saturated rings. The molecule has 0 radical (unpaired) electrons. The van der Waals surface area contributed by atoms with Gasteiger partial charge in [0, 0.05) is 31.0 Å². The maximum absolute atomic E-state index is 4.62. The Morgan fingerprint density at radius 3 is 2.75 bits per heavy atom. The van der Waals surface area contributed by atoms with E-state index in [9.17, 15) is 0 Å². The predicted octanol–water partition coefficient (Wildman–Crippen LogP) is 3.14. The van der Waals surface area contributed by atoms with Gasteiger partial charge >= 0.3 is 0 Å². The van der Waals surface area contributed by atoms with E-state index in [-0.39, 0.29) is 0 Å². The average Bonchev–Trinajstić information content (AvgIpc) is 3.25. The topological polar surface area (TPSA) is 81.4 Å². The van der Waals surface area contributed by atoms with Crippen molar-refractivity contribution in [3.05, 3.63) is 54.4 Å². The van der Waals surface area contributed by atoms with Gasteiger partial charge in [-0.3, -0.25) is 9.67 Å². The van der Waals surface area contributed by atoms with Gasteiger partial charge in [-0.1, -0.05) is 6.07 Å². The van der Waals surface area contributed by atoms with Crippen LogP contribution in [0, 0.1) is 0 Å². The molecule has 0 aliphatic rings. The molecule has 0 saturated carbocycles. The number of hydrogen-bond acceptors (Lipinski definition) is 7. The second-order valence-electron chi connectivity index (χ2n) is 5.05. The summed E-state index contributed by atoms with van der Waals surface area (Å²) in [6.45, 7) is 0. The number of aryl methyl sites for hydroxylation is 1. The number of hydrogen-bond donors (Lipinski definition) is 1. The van der Waals surface area contributed by atoms with Crippen molar-refractivity contribution in [1.29, 1.82) is 0 Å². The van der Waals surface area contributed by atoms with E-state index >= 15 is 0 Å². The molecule has 4 rings (SSSR count). The van der Waals surface area contributed by atoms with E-state index in [0.717, 1.165) is 27.8 Å². The van der Waals surface area contributed by atoms with E-state index < -0.39 is 0 Å². The molecule has 8 heteroatoms. The van der Waals surface area contributed by atoms with Crippen LogP contribution in [0.3, 0.4) is 0 Å². The van der Waals surface area contributed by atoms with Crippen LogP contribution in [-0.2, 0) is 7.05 Å². The summed E-state index contributed by atoms with van der Waals surface area (Å²) in [5.41, 5.74) is 3.30. The zero-order valence-corrected chi connectivity index (χ0v) is 13.6. The van der Waals surface area contributed by atoms with Crippen LogP contribution in [0.4, 0.5) is 11.6 Å². The van der Waals surface area contributed by atoms with Crippen molar-refractivity contribution < 1.29 is 0 Å². The zero-order chi connectivity index (χ0) is 16.4. The Balaban J connectivity index is 1.61. The first-order valence-electron chi connectivity index (χ1n) is 7.24. The Kier molecular flexibility index (Phi) is 3.72. The van der Waals surface area contributed by atoms with Crippen molar-refractivity contribution in [2.45, 2.75) is 0 Å². The Bertz CT molecular complexity index is 961. The van der Waals surface area contributed by atoms with Crippen LogP contribution in [0.25, 0.3) is 22.1 Å². The van der Waals surface area contributed by atoms with Gasteiger partial charge in [-0.25, -0.2) is 15.0 Å². The van der Waals surface area contributed by atoms with E-state index in [0.29, 0.717) is 5.95 Å². The lowest BCUT2D eigenvalue weighted by molar-refractivity contribution is 0.768. The third kappa shape index (κ3) is 2.99. The van der Waals surface area contributed by atoms with Gasteiger partial charge in [-0.2, -0.15) is 5.10 Å². The molecule has 0 bridgehead atoms. The molecule has 24 heavy (non-hydrogen) atoms. The van der Waals surface area contributed by atoms with Gasteiger partial charge in [0.25, 0.3) is 0 Å². The molecule has 0 aliphatic carbocycles. The maximum Gasteiger partial charge on any atom is 0.227 e. The van der Waals surface area contributed by atoms with Gasteiger partial charge in [-0.15, -0.1) is 11.3 Å². The summed E-state index contributed by atoms with van der Waals surface area (Å²) >= 11 is 1.53. The molecular formula is C16H13N7S. The number of nitrogens with zero attached hydrogens (tertiary/aromatic N) is 6. The SMILES string of the molecule is Cn1cc(Nc2nccc(-c3nc(-c4ccccn4)cs3)n2)cn1. The van der Waals surface area contributed by atoms with Gasteiger partial charge in [0.15, 0.2) is 0 Å². The molecule has 0 aliphatic heterocycles. The summed E-state index contributed by atoms with van der Waals surface area (Å²) in [5, 5.41) is 10.1. The van der Waals surface area contributed by atoms with Crippen LogP contribution in [0.1, 0.15) is 0 Å². The molecule has 0 unspecified atom stereocenters. The quantitative estimate of drug-likeness (QED) is 0.617. The number of pyridine rings is 1. The third-order valence-electron chi connectivity index (χ3n) is 3.27. The van der Waals surface area contributed by atoms with Crippen molar-refractivity contribution in [1.82, 2.24) is 29.7 Å². The van der Waals surface area contributed by atoms with E-state index in [4.69, 9.17) is 0 Å². The van der Waals surface area contributed by atoms with E-state index in [1.807, 2.05) is 42.9 Å². The Morgan fingerprint density at radius 1 is 1.00 bits per heavy atom. The van der Waals surface area contributed by atoms with E-state index in [1.54, 1.807) is 23.3 Å². The first-order valence-corrected chi connectivity index (χ1v) is 8.12. The molecule has 4 heterocycles. The largest absolute Gasteiger partial charge is 0.321 e. The van der Waals surface area contributed by atoms with Gasteiger partial charge in [0.2, 0.25) is 5.95 Å². The van der Waals surface area contributed by atoms with E-state index in [2.05, 4.69) is 30.4 Å². The highest BCUT2D eigenvalue weighted by atomic mass is 32.1. The van der Waals surface area contributed by atoms with Crippen LogP contribution >= 0.6 is 11.3 Å². The fraction of sp³-hybridized carbons (Fsp3) is 0.0625. The highest BCUT2D eigenvalue weighted by Gasteiger charge is 2.10. The van der Waals surface area contributed by atoms with Gasteiger partial charge in [0.1, 0.15) is 16.4 Å². The summed E-state index contributed by atoms with van der Waals surface area (Å²) in [7, 11) is 1.86. The molecule has 0 atom stereocenters. The van der Waals surface area contributed by atoms with Crippen LogP contribution in [-0.4, -0.2) is 29.7 Å². The summed E-state index contributed by atoms with van der Waals surface area (Å²) < 4.78 is 1.71. The molecular weight excluding hydrogens is 322 g/mol. The lowest BCUT2D eigenvalue weighted by atomic mass is 10.3. The number of rotatable bonds is 4. The number of anilines is 2. The monoisotopic (exact) mass is 335 g/mol. The van der Waals surface area contributed by atoms with E-state index in [1.165, 1.54) is 11.3 Å². The fourth-order valence-electron chi connectivity index (χ4n) is 2.18. The van der Waals surface area contributed by atoms with Crippen molar-refractivity contribution in [2.75, 3.05) is 5.32 Å². The molecule has 0 saturated heterocycles. The van der Waals surface area contributed by atoms with Crippen LogP contribution < -0.4 is 5.32 Å². The van der Waals surface area contributed by atoms with Crippen LogP contribution in [0.2, 0.25) is 0 Å². The Morgan fingerprint density at radius 2 is 1.96 bits per heavy atom. The normalized spacial score (nSPS) is 10.7. The second kappa shape index (κ2) is 6.17. The molecule has 118 valence electrons. The van der Waals surface area contributed by atoms with Crippen LogP contribution in [0.5, 0.6) is 0 Å².